The summed E-state index contributed by atoms with van der Waals surface area (Å²) < 4.78 is 28.4. The number of carbonyl (C=O) groups is 2. The number of carboxylic acid groups (broad SMARTS) is 1. The molecule has 0 aliphatic heterocycles. The van der Waals surface area contributed by atoms with Crippen molar-refractivity contribution >= 4 is 30.4 Å². The molecule has 0 aliphatic rings. The quantitative estimate of drug-likeness (QED) is 0.477. The Morgan fingerprint density at radius 2 is 1.81 bits per heavy atom. The summed E-state index contributed by atoms with van der Waals surface area (Å²) in [5, 5.41) is 8.71. The van der Waals surface area contributed by atoms with Gasteiger partial charge < -0.3 is 0 Å². The van der Waals surface area contributed by atoms with Gasteiger partial charge in [0, 0.05) is 0 Å². The number of benzene rings is 1. The Morgan fingerprint density at radius 1 is 1.25 bits per heavy atom. The number of primary amides is 1. The predicted octanol–water partition coefficient (Wildman–Crippen LogP) is -1.96. The molecule has 0 heterocycles. The van der Waals surface area contributed by atoms with E-state index in [4.69, 9.17) is 19.0 Å². The molecule has 0 unspecified atom stereocenters. The van der Waals surface area contributed by atoms with Gasteiger partial charge in [0.05, 0.1) is 0 Å². The van der Waals surface area contributed by atoms with Gasteiger partial charge in [-0.2, -0.15) is 0 Å². The SMILES string of the molecule is NC(=O)c1ccc(C(=O)O)c([As](=O)(O)O)c1. The Kier molecular flexibility index (Phi) is 3.23. The van der Waals surface area contributed by atoms with Gasteiger partial charge in [0.1, 0.15) is 0 Å². The van der Waals surface area contributed by atoms with E-state index < -0.39 is 36.0 Å². The van der Waals surface area contributed by atoms with E-state index in [-0.39, 0.29) is 5.56 Å². The number of carboxylic acids is 1. The molecule has 1 aromatic carbocycles. The minimum atomic E-state index is -5.40. The molecule has 0 spiro atoms. The van der Waals surface area contributed by atoms with Crippen molar-refractivity contribution in [2.24, 2.45) is 5.73 Å². The second kappa shape index (κ2) is 4.13. The summed E-state index contributed by atoms with van der Waals surface area (Å²) in [5.41, 5.74) is 4.24. The van der Waals surface area contributed by atoms with Crippen molar-refractivity contribution in [3.05, 3.63) is 29.3 Å². The van der Waals surface area contributed by atoms with E-state index in [1.54, 1.807) is 0 Å². The summed E-state index contributed by atoms with van der Waals surface area (Å²) in [4.78, 5) is 21.5. The van der Waals surface area contributed by atoms with Crippen LogP contribution in [0, 0.1) is 0 Å². The van der Waals surface area contributed by atoms with Crippen LogP contribution in [0.3, 0.4) is 0 Å². The molecule has 0 aromatic heterocycles. The fourth-order valence-electron chi connectivity index (χ4n) is 1.11. The van der Waals surface area contributed by atoms with Crippen LogP contribution in [-0.2, 0) is 3.74 Å². The van der Waals surface area contributed by atoms with Gasteiger partial charge in [-0.05, 0) is 0 Å². The zero-order valence-corrected chi connectivity index (χ0v) is 9.70. The fourth-order valence-corrected chi connectivity index (χ4v) is 2.77. The maximum absolute atomic E-state index is 11.1. The van der Waals surface area contributed by atoms with E-state index in [0.717, 1.165) is 18.2 Å². The Hall–Kier alpha value is -1.56. The average Bonchev–Trinajstić information content (AvgIpc) is 2.15. The first-order valence-electron chi connectivity index (χ1n) is 3.96. The standard InChI is InChI=1S/C8H8AsNO6/c10-7(11)4-1-2-5(8(12)13)6(3-4)9(14,15)16/h1-3H,(H2,10,11)(H,12,13)(H2,14,15,16). The van der Waals surface area contributed by atoms with Crippen molar-refractivity contribution in [1.82, 2.24) is 0 Å². The van der Waals surface area contributed by atoms with Gasteiger partial charge in [0.2, 0.25) is 0 Å². The van der Waals surface area contributed by atoms with Crippen LogP contribution < -0.4 is 10.1 Å². The molecule has 0 saturated heterocycles. The van der Waals surface area contributed by atoms with E-state index in [9.17, 15) is 13.3 Å². The van der Waals surface area contributed by atoms with E-state index >= 15 is 0 Å². The third-order valence-electron chi connectivity index (χ3n) is 1.83. The Labute approximate surface area is 92.5 Å². The van der Waals surface area contributed by atoms with Gasteiger partial charge >= 0.3 is 92.1 Å². The normalized spacial score (nSPS) is 11.1. The maximum atomic E-state index is 11.1. The number of hydrogen-bond acceptors (Lipinski definition) is 3. The first kappa shape index (κ1) is 12.5. The number of nitrogens with two attached hydrogens (primary N) is 1. The fraction of sp³-hybridized carbons (Fsp3) is 0. The molecule has 0 bridgehead atoms. The zero-order chi connectivity index (χ0) is 12.5. The first-order chi connectivity index (χ1) is 7.23. The van der Waals surface area contributed by atoms with Crippen molar-refractivity contribution in [3.63, 3.8) is 0 Å². The van der Waals surface area contributed by atoms with Gasteiger partial charge in [0.25, 0.3) is 0 Å². The van der Waals surface area contributed by atoms with Gasteiger partial charge in [0.15, 0.2) is 0 Å². The summed E-state index contributed by atoms with van der Waals surface area (Å²) in [6.07, 6.45) is 0. The molecule has 1 aromatic rings. The summed E-state index contributed by atoms with van der Waals surface area (Å²) in [7, 11) is 0. The number of carbonyl (C=O) groups excluding carboxylic acids is 1. The Morgan fingerprint density at radius 3 is 2.19 bits per heavy atom. The van der Waals surface area contributed by atoms with Crippen LogP contribution in [0.1, 0.15) is 20.7 Å². The van der Waals surface area contributed by atoms with Crippen LogP contribution in [-0.4, -0.2) is 39.3 Å². The molecule has 7 nitrogen and oxygen atoms in total. The predicted molar refractivity (Wildman–Crippen MR) is 52.4 cm³/mol. The molecule has 0 aliphatic carbocycles. The van der Waals surface area contributed by atoms with E-state index in [2.05, 4.69) is 0 Å². The number of aromatic carboxylic acids is 1. The van der Waals surface area contributed by atoms with Crippen LogP contribution >= 0.6 is 0 Å². The van der Waals surface area contributed by atoms with E-state index in [1.807, 2.05) is 0 Å². The Bertz CT molecular complexity index is 505. The summed E-state index contributed by atoms with van der Waals surface area (Å²) in [5.74, 6) is -2.36. The minimum absolute atomic E-state index is 0.148. The summed E-state index contributed by atoms with van der Waals surface area (Å²) in [6, 6.07) is 2.85. The molecule has 16 heavy (non-hydrogen) atoms. The summed E-state index contributed by atoms with van der Waals surface area (Å²) >= 11 is -5.40. The van der Waals surface area contributed by atoms with Crippen molar-refractivity contribution in [2.75, 3.05) is 0 Å². The molecule has 1 rings (SSSR count). The van der Waals surface area contributed by atoms with E-state index in [0.29, 0.717) is 0 Å². The molecular weight excluding hydrogens is 281 g/mol. The number of hydrogen-bond donors (Lipinski definition) is 4. The molecule has 0 radical (unpaired) electrons. The van der Waals surface area contributed by atoms with Crippen molar-refractivity contribution in [1.29, 1.82) is 0 Å². The van der Waals surface area contributed by atoms with Gasteiger partial charge in [-0.25, -0.2) is 0 Å². The molecule has 0 fully saturated rings. The molecular formula is C8H8AsNO6. The van der Waals surface area contributed by atoms with Gasteiger partial charge in [-0.1, -0.05) is 0 Å². The first-order valence-corrected chi connectivity index (χ1v) is 7.35. The monoisotopic (exact) mass is 289 g/mol. The van der Waals surface area contributed by atoms with Gasteiger partial charge in [-0.15, -0.1) is 0 Å². The van der Waals surface area contributed by atoms with Crippen molar-refractivity contribution in [3.8, 4) is 0 Å². The average molecular weight is 289 g/mol. The second-order valence-electron chi connectivity index (χ2n) is 2.95. The Balaban J connectivity index is 3.51. The van der Waals surface area contributed by atoms with Crippen LogP contribution in [0.15, 0.2) is 18.2 Å². The molecule has 86 valence electrons. The van der Waals surface area contributed by atoms with Gasteiger partial charge in [-0.3, -0.25) is 0 Å². The summed E-state index contributed by atoms with van der Waals surface area (Å²) in [6.45, 7) is 0. The molecule has 5 N–H and O–H groups in total. The third kappa shape index (κ3) is 2.51. The van der Waals surface area contributed by atoms with Crippen molar-refractivity contribution < 1.29 is 26.6 Å². The second-order valence-corrected chi connectivity index (χ2v) is 6.24. The molecule has 8 heteroatoms. The molecule has 1 amide bonds. The third-order valence-corrected chi connectivity index (χ3v) is 3.92. The van der Waals surface area contributed by atoms with Crippen LogP contribution in [0.2, 0.25) is 0 Å². The van der Waals surface area contributed by atoms with Crippen LogP contribution in [0.5, 0.6) is 0 Å². The molecule has 0 atom stereocenters. The zero-order valence-electron chi connectivity index (χ0n) is 7.82. The number of amides is 1. The van der Waals surface area contributed by atoms with E-state index in [1.165, 1.54) is 0 Å². The topological polar surface area (TPSA) is 138 Å². The van der Waals surface area contributed by atoms with Crippen molar-refractivity contribution in [2.45, 2.75) is 0 Å². The van der Waals surface area contributed by atoms with Crippen LogP contribution in [0.4, 0.5) is 0 Å². The van der Waals surface area contributed by atoms with Crippen LogP contribution in [0.25, 0.3) is 0 Å². The number of rotatable bonds is 3. The molecule has 0 saturated carbocycles.